The van der Waals surface area contributed by atoms with Gasteiger partial charge in [0.05, 0.1) is 16.3 Å². The lowest BCUT2D eigenvalue weighted by atomic mass is 10.1. The molecule has 0 amide bonds. The maximum atomic E-state index is 10.7. The molecule has 4 nitrogen and oxygen atoms in total. The quantitative estimate of drug-likeness (QED) is 0.871. The normalized spacial score (nSPS) is 10.4. The minimum Gasteiger partial charge on any atom is -0.478 e. The maximum Gasteiger partial charge on any atom is 0.335 e. The molecule has 0 aliphatic heterocycles. The van der Waals surface area contributed by atoms with E-state index in [1.165, 1.54) is 12.1 Å². The Labute approximate surface area is 97.1 Å². The van der Waals surface area contributed by atoms with E-state index in [1.54, 1.807) is 16.9 Å². The molecule has 16 heavy (non-hydrogen) atoms. The zero-order valence-electron chi connectivity index (χ0n) is 8.51. The largest absolute Gasteiger partial charge is 0.478 e. The number of benzene rings is 1. The molecule has 1 N–H and O–H groups in total. The van der Waals surface area contributed by atoms with E-state index in [0.717, 1.165) is 11.3 Å². The summed E-state index contributed by atoms with van der Waals surface area (Å²) in [6.07, 6.45) is 1.80. The van der Waals surface area contributed by atoms with Crippen LogP contribution in [0.4, 0.5) is 0 Å². The van der Waals surface area contributed by atoms with Crippen molar-refractivity contribution in [3.63, 3.8) is 0 Å². The Kier molecular flexibility index (Phi) is 2.66. The molecule has 0 bridgehead atoms. The van der Waals surface area contributed by atoms with E-state index in [1.807, 2.05) is 13.1 Å². The lowest BCUT2D eigenvalue weighted by molar-refractivity contribution is 0.0697. The van der Waals surface area contributed by atoms with Gasteiger partial charge in [-0.2, -0.15) is 5.10 Å². The number of rotatable bonds is 2. The highest BCUT2D eigenvalue weighted by Crippen LogP contribution is 2.27. The van der Waals surface area contributed by atoms with Gasteiger partial charge in [0.15, 0.2) is 0 Å². The first-order chi connectivity index (χ1) is 7.58. The zero-order valence-corrected chi connectivity index (χ0v) is 9.27. The average Bonchev–Trinajstić information content (AvgIpc) is 2.64. The summed E-state index contributed by atoms with van der Waals surface area (Å²) in [6, 6.07) is 6.42. The van der Waals surface area contributed by atoms with Gasteiger partial charge in [0.25, 0.3) is 0 Å². The van der Waals surface area contributed by atoms with Crippen LogP contribution >= 0.6 is 11.6 Å². The van der Waals surface area contributed by atoms with E-state index in [4.69, 9.17) is 16.7 Å². The molecule has 1 aromatic carbocycles. The molecule has 0 fully saturated rings. The number of aromatic nitrogens is 2. The van der Waals surface area contributed by atoms with Crippen LogP contribution in [-0.2, 0) is 7.05 Å². The summed E-state index contributed by atoms with van der Waals surface area (Å²) in [4.78, 5) is 10.7. The molecule has 0 radical (unpaired) electrons. The Bertz CT molecular complexity index is 549. The number of hydrogen-bond acceptors (Lipinski definition) is 2. The standard InChI is InChI=1S/C11H9ClN2O2/c1-14-5-4-10(13-14)8-3-2-7(11(15)16)6-9(8)12/h2-6H,1H3,(H,15,16). The highest BCUT2D eigenvalue weighted by molar-refractivity contribution is 6.33. The molecule has 0 atom stereocenters. The van der Waals surface area contributed by atoms with Gasteiger partial charge in [-0.3, -0.25) is 4.68 Å². The van der Waals surface area contributed by atoms with Crippen molar-refractivity contribution in [1.82, 2.24) is 9.78 Å². The van der Waals surface area contributed by atoms with Gasteiger partial charge in [-0.15, -0.1) is 0 Å². The van der Waals surface area contributed by atoms with Gasteiger partial charge in [0.1, 0.15) is 0 Å². The van der Waals surface area contributed by atoms with E-state index in [2.05, 4.69) is 5.10 Å². The summed E-state index contributed by atoms with van der Waals surface area (Å²) >= 11 is 6.00. The lowest BCUT2D eigenvalue weighted by Crippen LogP contribution is -1.96. The predicted molar refractivity (Wildman–Crippen MR) is 60.6 cm³/mol. The molecule has 2 rings (SSSR count). The molecular weight excluding hydrogens is 228 g/mol. The molecule has 0 saturated carbocycles. The van der Waals surface area contributed by atoms with Gasteiger partial charge in [-0.05, 0) is 18.2 Å². The number of carboxylic acids is 1. The first kappa shape index (κ1) is 10.7. The summed E-state index contributed by atoms with van der Waals surface area (Å²) in [5.41, 5.74) is 1.63. The van der Waals surface area contributed by atoms with Crippen LogP contribution in [0.3, 0.4) is 0 Å². The predicted octanol–water partition coefficient (Wildman–Crippen LogP) is 2.44. The summed E-state index contributed by atoms with van der Waals surface area (Å²) in [5, 5.41) is 13.4. The Morgan fingerprint density at radius 2 is 2.19 bits per heavy atom. The van der Waals surface area contributed by atoms with Crippen molar-refractivity contribution in [2.24, 2.45) is 7.05 Å². The summed E-state index contributed by atoms with van der Waals surface area (Å²) < 4.78 is 1.66. The second-order valence-electron chi connectivity index (χ2n) is 3.37. The second kappa shape index (κ2) is 3.98. The lowest BCUT2D eigenvalue weighted by Gasteiger charge is -2.02. The van der Waals surface area contributed by atoms with Crippen molar-refractivity contribution >= 4 is 17.6 Å². The number of nitrogens with zero attached hydrogens (tertiary/aromatic N) is 2. The second-order valence-corrected chi connectivity index (χ2v) is 3.78. The topological polar surface area (TPSA) is 55.1 Å². The Morgan fingerprint density at radius 3 is 2.69 bits per heavy atom. The number of carboxylic acid groups (broad SMARTS) is 1. The van der Waals surface area contributed by atoms with Crippen LogP contribution in [0.2, 0.25) is 5.02 Å². The van der Waals surface area contributed by atoms with Crippen molar-refractivity contribution in [2.45, 2.75) is 0 Å². The molecule has 82 valence electrons. The van der Waals surface area contributed by atoms with Gasteiger partial charge in [-0.25, -0.2) is 4.79 Å². The van der Waals surface area contributed by atoms with Crippen molar-refractivity contribution in [1.29, 1.82) is 0 Å². The minimum atomic E-state index is -0.991. The minimum absolute atomic E-state index is 0.171. The molecule has 0 unspecified atom stereocenters. The fraction of sp³-hybridized carbons (Fsp3) is 0.0909. The van der Waals surface area contributed by atoms with Crippen LogP contribution in [0.25, 0.3) is 11.3 Å². The molecule has 5 heteroatoms. The number of halogens is 1. The number of aryl methyl sites for hydroxylation is 1. The fourth-order valence-corrected chi connectivity index (χ4v) is 1.69. The third-order valence-corrected chi connectivity index (χ3v) is 2.52. The van der Waals surface area contributed by atoms with E-state index < -0.39 is 5.97 Å². The SMILES string of the molecule is Cn1ccc(-c2ccc(C(=O)O)cc2Cl)n1. The molecule has 0 spiro atoms. The first-order valence-electron chi connectivity index (χ1n) is 4.61. The number of carbonyl (C=O) groups is 1. The summed E-state index contributed by atoms with van der Waals surface area (Å²) in [7, 11) is 1.81. The van der Waals surface area contributed by atoms with Gasteiger partial charge >= 0.3 is 5.97 Å². The molecule has 0 aliphatic carbocycles. The zero-order chi connectivity index (χ0) is 11.7. The van der Waals surface area contributed by atoms with Crippen molar-refractivity contribution in [2.75, 3.05) is 0 Å². The van der Waals surface area contributed by atoms with Crippen LogP contribution in [-0.4, -0.2) is 20.9 Å². The Hall–Kier alpha value is -1.81. The molecular formula is C11H9ClN2O2. The Morgan fingerprint density at radius 1 is 1.44 bits per heavy atom. The fourth-order valence-electron chi connectivity index (χ4n) is 1.41. The first-order valence-corrected chi connectivity index (χ1v) is 4.98. The average molecular weight is 237 g/mol. The van der Waals surface area contributed by atoms with E-state index >= 15 is 0 Å². The van der Waals surface area contributed by atoms with Crippen LogP contribution < -0.4 is 0 Å². The van der Waals surface area contributed by atoms with Crippen molar-refractivity contribution < 1.29 is 9.90 Å². The molecule has 1 aromatic heterocycles. The van der Waals surface area contributed by atoms with Gasteiger partial charge in [0, 0.05) is 18.8 Å². The Balaban J connectivity index is 2.47. The van der Waals surface area contributed by atoms with Gasteiger partial charge < -0.3 is 5.11 Å². The summed E-state index contributed by atoms with van der Waals surface area (Å²) in [5.74, 6) is -0.991. The molecule has 1 heterocycles. The van der Waals surface area contributed by atoms with Crippen LogP contribution in [0.5, 0.6) is 0 Å². The number of hydrogen-bond donors (Lipinski definition) is 1. The van der Waals surface area contributed by atoms with Crippen molar-refractivity contribution in [3.8, 4) is 11.3 Å². The van der Waals surface area contributed by atoms with E-state index in [-0.39, 0.29) is 5.56 Å². The van der Waals surface area contributed by atoms with Crippen molar-refractivity contribution in [3.05, 3.63) is 41.0 Å². The van der Waals surface area contributed by atoms with E-state index in [9.17, 15) is 4.79 Å². The summed E-state index contributed by atoms with van der Waals surface area (Å²) in [6.45, 7) is 0. The van der Waals surface area contributed by atoms with E-state index in [0.29, 0.717) is 5.02 Å². The number of aromatic carboxylic acids is 1. The highest BCUT2D eigenvalue weighted by atomic mass is 35.5. The smallest absolute Gasteiger partial charge is 0.335 e. The van der Waals surface area contributed by atoms with Crippen LogP contribution in [0, 0.1) is 0 Å². The third kappa shape index (κ3) is 1.92. The van der Waals surface area contributed by atoms with Gasteiger partial charge in [-0.1, -0.05) is 17.7 Å². The van der Waals surface area contributed by atoms with Crippen LogP contribution in [0.1, 0.15) is 10.4 Å². The molecule has 0 saturated heterocycles. The monoisotopic (exact) mass is 236 g/mol. The van der Waals surface area contributed by atoms with Crippen LogP contribution in [0.15, 0.2) is 30.5 Å². The maximum absolute atomic E-state index is 10.7. The molecule has 0 aliphatic rings. The highest BCUT2D eigenvalue weighted by Gasteiger charge is 2.10. The van der Waals surface area contributed by atoms with Gasteiger partial charge in [0.2, 0.25) is 0 Å². The third-order valence-electron chi connectivity index (χ3n) is 2.21. The molecule has 2 aromatic rings.